The molecule has 3 rings (SSSR count). The van der Waals surface area contributed by atoms with Crippen LogP contribution in [0.5, 0.6) is 0 Å². The summed E-state index contributed by atoms with van der Waals surface area (Å²) < 4.78 is 0. The first kappa shape index (κ1) is 14.4. The summed E-state index contributed by atoms with van der Waals surface area (Å²) >= 11 is 1.38. The minimum Gasteiger partial charge on any atom is -0.319 e. The highest BCUT2D eigenvalue weighted by molar-refractivity contribution is 7.21. The van der Waals surface area contributed by atoms with E-state index in [1.165, 1.54) is 11.3 Å². The third-order valence-electron chi connectivity index (χ3n) is 2.71. The van der Waals surface area contributed by atoms with Gasteiger partial charge in [0.2, 0.25) is 0 Å². The van der Waals surface area contributed by atoms with Crippen molar-refractivity contribution in [3.8, 4) is 0 Å². The number of hydrogen-bond donors (Lipinski definition) is 0. The Labute approximate surface area is 125 Å². The van der Waals surface area contributed by atoms with Gasteiger partial charge in [0.05, 0.1) is 17.3 Å². The lowest BCUT2D eigenvalue weighted by atomic mass is 10.4. The zero-order valence-electron chi connectivity index (χ0n) is 10.6. The molecule has 0 unspecified atom stereocenters. The molecular weight excluding hydrogens is 296 g/mol. The maximum atomic E-state index is 11.9. The Balaban J connectivity index is 0.00000147. The minimum absolute atomic E-state index is 0. The second-order valence-corrected chi connectivity index (χ2v) is 4.88. The summed E-state index contributed by atoms with van der Waals surface area (Å²) in [6.07, 6.45) is 5.10. The van der Waals surface area contributed by atoms with Crippen LogP contribution in [-0.2, 0) is 0 Å². The van der Waals surface area contributed by atoms with Gasteiger partial charge in [-0.3, -0.25) is 9.78 Å². The predicted molar refractivity (Wildman–Crippen MR) is 83.2 cm³/mol. The van der Waals surface area contributed by atoms with E-state index in [9.17, 15) is 4.79 Å². The van der Waals surface area contributed by atoms with Crippen LogP contribution in [0.3, 0.4) is 0 Å². The zero-order valence-corrected chi connectivity index (χ0v) is 12.2. The fourth-order valence-electron chi connectivity index (χ4n) is 1.70. The van der Waals surface area contributed by atoms with Gasteiger partial charge in [-0.05, 0) is 24.3 Å². The lowest BCUT2D eigenvalue weighted by Crippen LogP contribution is -2.15. The van der Waals surface area contributed by atoms with Gasteiger partial charge >= 0.3 is 0 Å². The number of fused-ring (bicyclic) bond motifs is 1. The highest BCUT2D eigenvalue weighted by Gasteiger charge is 2.10. The molecule has 5 nitrogen and oxygen atoms in total. The number of aromatic nitrogens is 3. The molecule has 3 aromatic rings. The zero-order chi connectivity index (χ0) is 13.2. The van der Waals surface area contributed by atoms with Gasteiger partial charge in [0, 0.05) is 19.4 Å². The predicted octanol–water partition coefficient (Wildman–Crippen LogP) is 2.64. The Morgan fingerprint density at radius 3 is 2.75 bits per heavy atom. The van der Waals surface area contributed by atoms with Crippen molar-refractivity contribution in [3.05, 3.63) is 53.2 Å². The Bertz CT molecular complexity index is 778. The summed E-state index contributed by atoms with van der Waals surface area (Å²) in [7, 11) is 1.85. The van der Waals surface area contributed by atoms with Crippen molar-refractivity contribution in [2.75, 3.05) is 11.9 Å². The molecule has 102 valence electrons. The topological polar surface area (TPSA) is 59.0 Å². The van der Waals surface area contributed by atoms with Crippen LogP contribution in [0.4, 0.5) is 10.8 Å². The van der Waals surface area contributed by atoms with Crippen LogP contribution >= 0.6 is 23.7 Å². The van der Waals surface area contributed by atoms with Crippen molar-refractivity contribution in [1.29, 1.82) is 0 Å². The van der Waals surface area contributed by atoms with Crippen molar-refractivity contribution in [1.82, 2.24) is 15.0 Å². The van der Waals surface area contributed by atoms with Gasteiger partial charge in [0.15, 0.2) is 5.13 Å². The van der Waals surface area contributed by atoms with E-state index in [0.717, 1.165) is 5.69 Å². The fraction of sp³-hybridized carbons (Fsp3) is 0.0769. The number of anilines is 2. The molecule has 0 aliphatic carbocycles. The molecule has 0 aliphatic rings. The highest BCUT2D eigenvalue weighted by Crippen LogP contribution is 2.26. The highest BCUT2D eigenvalue weighted by atomic mass is 35.5. The SMILES string of the molecule is CN(c1cccnc1)c1nc(=O)c2cccnc2s1.Cl. The average molecular weight is 307 g/mol. The second kappa shape index (κ2) is 5.94. The van der Waals surface area contributed by atoms with Crippen molar-refractivity contribution >= 4 is 44.8 Å². The third kappa shape index (κ3) is 2.61. The van der Waals surface area contributed by atoms with Crippen LogP contribution in [0.1, 0.15) is 0 Å². The first-order valence-corrected chi connectivity index (χ1v) is 6.47. The Morgan fingerprint density at radius 2 is 2.00 bits per heavy atom. The molecule has 0 spiro atoms. The average Bonchev–Trinajstić information content (AvgIpc) is 2.47. The summed E-state index contributed by atoms with van der Waals surface area (Å²) in [6.45, 7) is 0. The molecular formula is C13H11ClN4OS. The largest absolute Gasteiger partial charge is 0.319 e. The van der Waals surface area contributed by atoms with Crippen molar-refractivity contribution < 1.29 is 0 Å². The quantitative estimate of drug-likeness (QED) is 0.728. The Kier molecular flexibility index (Phi) is 4.26. The molecule has 0 saturated heterocycles. The first-order valence-electron chi connectivity index (χ1n) is 5.65. The summed E-state index contributed by atoms with van der Waals surface area (Å²) in [6, 6.07) is 7.23. The van der Waals surface area contributed by atoms with E-state index >= 15 is 0 Å². The number of halogens is 1. The second-order valence-electron chi connectivity index (χ2n) is 3.93. The lowest BCUT2D eigenvalue weighted by Gasteiger charge is -2.16. The smallest absolute Gasteiger partial charge is 0.282 e. The van der Waals surface area contributed by atoms with Crippen LogP contribution in [0.2, 0.25) is 0 Å². The summed E-state index contributed by atoms with van der Waals surface area (Å²) in [5, 5.41) is 1.15. The maximum absolute atomic E-state index is 11.9. The number of pyridine rings is 2. The van der Waals surface area contributed by atoms with E-state index in [4.69, 9.17) is 0 Å². The van der Waals surface area contributed by atoms with Gasteiger partial charge in [0.1, 0.15) is 4.83 Å². The number of rotatable bonds is 2. The number of hydrogen-bond acceptors (Lipinski definition) is 6. The van der Waals surface area contributed by atoms with Gasteiger partial charge < -0.3 is 4.90 Å². The molecule has 20 heavy (non-hydrogen) atoms. The van der Waals surface area contributed by atoms with E-state index in [2.05, 4.69) is 15.0 Å². The molecule has 3 aromatic heterocycles. The molecule has 3 heterocycles. The molecule has 0 aliphatic heterocycles. The summed E-state index contributed by atoms with van der Waals surface area (Å²) in [5.74, 6) is 0. The number of nitrogens with zero attached hydrogens (tertiary/aromatic N) is 4. The van der Waals surface area contributed by atoms with Crippen LogP contribution in [0, 0.1) is 0 Å². The summed E-state index contributed by atoms with van der Waals surface area (Å²) in [5.41, 5.74) is 0.619. The molecule has 0 fully saturated rings. The normalized spacial score (nSPS) is 10.1. The Morgan fingerprint density at radius 1 is 1.20 bits per heavy atom. The lowest BCUT2D eigenvalue weighted by molar-refractivity contribution is 1.13. The van der Waals surface area contributed by atoms with Gasteiger partial charge in [-0.15, -0.1) is 12.4 Å². The van der Waals surface area contributed by atoms with Gasteiger partial charge in [-0.1, -0.05) is 11.3 Å². The van der Waals surface area contributed by atoms with Crippen molar-refractivity contribution in [3.63, 3.8) is 0 Å². The third-order valence-corrected chi connectivity index (χ3v) is 3.77. The molecule has 7 heteroatoms. The Hall–Kier alpha value is -2.05. The fourth-order valence-corrected chi connectivity index (χ4v) is 2.62. The van der Waals surface area contributed by atoms with Crippen LogP contribution < -0.4 is 10.5 Å². The molecule has 0 N–H and O–H groups in total. The van der Waals surface area contributed by atoms with E-state index < -0.39 is 0 Å². The van der Waals surface area contributed by atoms with Crippen LogP contribution in [0.15, 0.2) is 47.7 Å². The maximum Gasteiger partial charge on any atom is 0.282 e. The van der Waals surface area contributed by atoms with E-state index in [1.807, 2.05) is 24.1 Å². The molecule has 0 saturated carbocycles. The van der Waals surface area contributed by atoms with E-state index in [0.29, 0.717) is 15.3 Å². The van der Waals surface area contributed by atoms with Crippen molar-refractivity contribution in [2.24, 2.45) is 0 Å². The van der Waals surface area contributed by atoms with Crippen LogP contribution in [0.25, 0.3) is 10.2 Å². The molecule has 0 bridgehead atoms. The molecule has 0 amide bonds. The monoisotopic (exact) mass is 306 g/mol. The standard InChI is InChI=1S/C13H10N4OS.ClH/c1-17(9-4-2-6-14-8-9)13-16-11(18)10-5-3-7-15-12(10)19-13;/h2-8H,1H3;1H. The minimum atomic E-state index is -0.257. The van der Waals surface area contributed by atoms with Crippen molar-refractivity contribution in [2.45, 2.75) is 0 Å². The van der Waals surface area contributed by atoms with Gasteiger partial charge in [-0.2, -0.15) is 4.98 Å². The van der Waals surface area contributed by atoms with Crippen LogP contribution in [-0.4, -0.2) is 22.0 Å². The van der Waals surface area contributed by atoms with Gasteiger partial charge in [-0.25, -0.2) is 4.98 Å². The van der Waals surface area contributed by atoms with E-state index in [1.54, 1.807) is 30.7 Å². The summed E-state index contributed by atoms with van der Waals surface area (Å²) in [4.78, 5) is 26.8. The van der Waals surface area contributed by atoms with Gasteiger partial charge in [0.25, 0.3) is 5.56 Å². The molecule has 0 radical (unpaired) electrons. The van der Waals surface area contributed by atoms with E-state index in [-0.39, 0.29) is 18.0 Å². The molecule has 0 aromatic carbocycles. The molecule has 0 atom stereocenters. The first-order chi connectivity index (χ1) is 9.25.